The van der Waals surface area contributed by atoms with Crippen molar-refractivity contribution in [1.82, 2.24) is 4.98 Å². The highest BCUT2D eigenvalue weighted by molar-refractivity contribution is 7.14. The predicted octanol–water partition coefficient (Wildman–Crippen LogP) is 1.47. The third-order valence-electron chi connectivity index (χ3n) is 1.35. The molecular weight excluding hydrogens is 210 g/mol. The van der Waals surface area contributed by atoms with Crippen LogP contribution in [-0.4, -0.2) is 16.9 Å². The van der Waals surface area contributed by atoms with Crippen LogP contribution in [0, 0.1) is 0 Å². The van der Waals surface area contributed by atoms with Crippen molar-refractivity contribution in [2.24, 2.45) is 5.73 Å². The Hall–Kier alpha value is -0.810. The van der Waals surface area contributed by atoms with Gasteiger partial charge < -0.3 is 11.1 Å². The topological polar surface area (TPSA) is 68.0 Å². The molecule has 1 aromatic rings. The number of carbonyl (C=O) groups excluding carboxylic acids is 1. The van der Waals surface area contributed by atoms with E-state index in [1.807, 2.05) is 6.92 Å². The zero-order chi connectivity index (χ0) is 9.84. The Morgan fingerprint density at radius 2 is 2.62 bits per heavy atom. The minimum absolute atomic E-state index is 0.0142. The van der Waals surface area contributed by atoms with Gasteiger partial charge in [0.2, 0.25) is 5.91 Å². The molecule has 0 spiro atoms. The maximum atomic E-state index is 10.5. The molecule has 1 amide bonds. The molecule has 1 heterocycles. The molecule has 72 valence electrons. The third kappa shape index (κ3) is 3.61. The number of nitrogens with one attached hydrogen (secondary N) is 1. The number of hydrogen-bond donors (Lipinski definition) is 2. The largest absolute Gasteiger partial charge is 0.370 e. The van der Waals surface area contributed by atoms with Gasteiger partial charge >= 0.3 is 0 Å². The molecule has 1 atom stereocenters. The number of hydrogen-bond acceptors (Lipinski definition) is 4. The molecule has 1 rings (SSSR count). The van der Waals surface area contributed by atoms with Crippen LogP contribution in [0.2, 0.25) is 5.15 Å². The van der Waals surface area contributed by atoms with E-state index >= 15 is 0 Å². The van der Waals surface area contributed by atoms with Crippen LogP contribution < -0.4 is 11.1 Å². The molecular formula is C7H10ClN3OS. The van der Waals surface area contributed by atoms with E-state index in [9.17, 15) is 4.79 Å². The van der Waals surface area contributed by atoms with Crippen LogP contribution in [0.5, 0.6) is 0 Å². The van der Waals surface area contributed by atoms with Crippen molar-refractivity contribution < 1.29 is 4.79 Å². The Kier molecular flexibility index (Phi) is 3.50. The van der Waals surface area contributed by atoms with Crippen molar-refractivity contribution in [1.29, 1.82) is 0 Å². The predicted molar refractivity (Wildman–Crippen MR) is 54.0 cm³/mol. The quantitative estimate of drug-likeness (QED) is 0.806. The van der Waals surface area contributed by atoms with Gasteiger partial charge in [-0.2, -0.15) is 0 Å². The fourth-order valence-corrected chi connectivity index (χ4v) is 1.83. The summed E-state index contributed by atoms with van der Waals surface area (Å²) in [5.74, 6) is -0.331. The molecule has 0 aliphatic rings. The van der Waals surface area contributed by atoms with Gasteiger partial charge in [-0.15, -0.1) is 11.3 Å². The van der Waals surface area contributed by atoms with Crippen molar-refractivity contribution in [3.8, 4) is 0 Å². The summed E-state index contributed by atoms with van der Waals surface area (Å²) in [5, 5.41) is 5.90. The number of amides is 1. The highest BCUT2D eigenvalue weighted by Crippen LogP contribution is 2.19. The Labute approximate surface area is 85.1 Å². The van der Waals surface area contributed by atoms with Crippen LogP contribution in [0.15, 0.2) is 5.38 Å². The van der Waals surface area contributed by atoms with Gasteiger partial charge in [-0.3, -0.25) is 4.79 Å². The smallest absolute Gasteiger partial charge is 0.219 e. The maximum absolute atomic E-state index is 10.5. The Morgan fingerprint density at radius 1 is 1.92 bits per heavy atom. The molecule has 6 heteroatoms. The van der Waals surface area contributed by atoms with E-state index in [0.717, 1.165) is 0 Å². The number of anilines is 1. The fourth-order valence-electron chi connectivity index (χ4n) is 0.884. The highest BCUT2D eigenvalue weighted by Gasteiger charge is 2.07. The van der Waals surface area contributed by atoms with E-state index in [1.165, 1.54) is 11.3 Å². The van der Waals surface area contributed by atoms with Gasteiger partial charge in [0.15, 0.2) is 5.13 Å². The average Bonchev–Trinajstić information content (AvgIpc) is 2.33. The lowest BCUT2D eigenvalue weighted by Crippen LogP contribution is -2.23. The molecule has 0 aromatic carbocycles. The number of nitrogens with two attached hydrogens (primary N) is 1. The van der Waals surface area contributed by atoms with Crippen LogP contribution in [0.1, 0.15) is 13.3 Å². The number of primary amides is 1. The molecule has 0 saturated carbocycles. The van der Waals surface area contributed by atoms with Crippen molar-refractivity contribution in [3.63, 3.8) is 0 Å². The fraction of sp³-hybridized carbons (Fsp3) is 0.429. The van der Waals surface area contributed by atoms with E-state index in [0.29, 0.717) is 10.3 Å². The van der Waals surface area contributed by atoms with Crippen LogP contribution in [0.3, 0.4) is 0 Å². The van der Waals surface area contributed by atoms with Crippen molar-refractivity contribution in [3.05, 3.63) is 10.5 Å². The van der Waals surface area contributed by atoms with Crippen molar-refractivity contribution in [2.45, 2.75) is 19.4 Å². The van der Waals surface area contributed by atoms with Gasteiger partial charge in [-0.25, -0.2) is 4.98 Å². The van der Waals surface area contributed by atoms with Crippen LogP contribution in [-0.2, 0) is 4.79 Å². The van der Waals surface area contributed by atoms with Gasteiger partial charge in [0.25, 0.3) is 0 Å². The van der Waals surface area contributed by atoms with Crippen LogP contribution in [0.25, 0.3) is 0 Å². The first-order valence-corrected chi connectivity index (χ1v) is 4.99. The minimum atomic E-state index is -0.331. The summed E-state index contributed by atoms with van der Waals surface area (Å²) < 4.78 is 0. The Bertz CT molecular complexity index is 302. The molecule has 1 aromatic heterocycles. The van der Waals surface area contributed by atoms with E-state index in [4.69, 9.17) is 17.3 Å². The molecule has 0 aliphatic carbocycles. The number of rotatable bonds is 4. The minimum Gasteiger partial charge on any atom is -0.370 e. The molecule has 3 N–H and O–H groups in total. The Balaban J connectivity index is 2.44. The normalized spacial score (nSPS) is 12.5. The molecule has 0 saturated heterocycles. The van der Waals surface area contributed by atoms with Crippen molar-refractivity contribution in [2.75, 3.05) is 5.32 Å². The van der Waals surface area contributed by atoms with Gasteiger partial charge in [0.1, 0.15) is 5.15 Å². The average molecular weight is 220 g/mol. The summed E-state index contributed by atoms with van der Waals surface area (Å²) in [7, 11) is 0. The van der Waals surface area contributed by atoms with E-state index < -0.39 is 0 Å². The Morgan fingerprint density at radius 3 is 3.08 bits per heavy atom. The van der Waals surface area contributed by atoms with E-state index in [2.05, 4.69) is 10.3 Å². The number of nitrogens with zero attached hydrogens (tertiary/aromatic N) is 1. The summed E-state index contributed by atoms with van der Waals surface area (Å²) in [5.41, 5.74) is 5.03. The lowest BCUT2D eigenvalue weighted by molar-refractivity contribution is -0.118. The second-order valence-electron chi connectivity index (χ2n) is 2.69. The third-order valence-corrected chi connectivity index (χ3v) is 2.45. The first-order chi connectivity index (χ1) is 6.08. The van der Waals surface area contributed by atoms with Gasteiger partial charge in [-0.1, -0.05) is 11.6 Å². The monoisotopic (exact) mass is 219 g/mol. The zero-order valence-electron chi connectivity index (χ0n) is 7.08. The number of aromatic nitrogens is 1. The second-order valence-corrected chi connectivity index (χ2v) is 3.94. The summed E-state index contributed by atoms with van der Waals surface area (Å²) in [4.78, 5) is 14.5. The molecule has 0 bridgehead atoms. The first-order valence-electron chi connectivity index (χ1n) is 3.74. The van der Waals surface area contributed by atoms with E-state index in [-0.39, 0.29) is 18.4 Å². The van der Waals surface area contributed by atoms with Crippen LogP contribution >= 0.6 is 22.9 Å². The zero-order valence-corrected chi connectivity index (χ0v) is 8.65. The molecule has 0 aliphatic heterocycles. The summed E-state index contributed by atoms with van der Waals surface area (Å²) in [6, 6.07) is -0.0142. The molecule has 1 unspecified atom stereocenters. The van der Waals surface area contributed by atoms with Crippen molar-refractivity contribution >= 4 is 34.0 Å². The molecule has 0 fully saturated rings. The summed E-state index contributed by atoms with van der Waals surface area (Å²) in [6.45, 7) is 1.86. The summed E-state index contributed by atoms with van der Waals surface area (Å²) in [6.07, 6.45) is 0.289. The van der Waals surface area contributed by atoms with Gasteiger partial charge in [-0.05, 0) is 6.92 Å². The van der Waals surface area contributed by atoms with Gasteiger partial charge in [0.05, 0.1) is 0 Å². The number of carbonyl (C=O) groups is 1. The van der Waals surface area contributed by atoms with Gasteiger partial charge in [0, 0.05) is 17.8 Å². The first kappa shape index (κ1) is 10.3. The SMILES string of the molecule is CC(CC(N)=O)Nc1nc(Cl)cs1. The number of thiazole rings is 1. The highest BCUT2D eigenvalue weighted by atomic mass is 35.5. The van der Waals surface area contributed by atoms with Crippen LogP contribution in [0.4, 0.5) is 5.13 Å². The standard InChI is InChI=1S/C7H10ClN3OS/c1-4(2-6(9)12)10-7-11-5(8)3-13-7/h3-4H,2H2,1H3,(H2,9,12)(H,10,11). The number of halogens is 1. The molecule has 13 heavy (non-hydrogen) atoms. The van der Waals surface area contributed by atoms with E-state index in [1.54, 1.807) is 5.38 Å². The lowest BCUT2D eigenvalue weighted by atomic mass is 10.2. The molecule has 4 nitrogen and oxygen atoms in total. The second kappa shape index (κ2) is 4.43. The maximum Gasteiger partial charge on any atom is 0.219 e. The molecule has 0 radical (unpaired) electrons. The lowest BCUT2D eigenvalue weighted by Gasteiger charge is -2.09. The summed E-state index contributed by atoms with van der Waals surface area (Å²) >= 11 is 7.02.